The highest BCUT2D eigenvalue weighted by Crippen LogP contribution is 2.21. The maximum absolute atomic E-state index is 12.6. The highest BCUT2D eigenvalue weighted by atomic mass is 32.1. The first-order chi connectivity index (χ1) is 12.9. The molecule has 0 atom stereocenters. The number of nitrogens with zero attached hydrogens (tertiary/aromatic N) is 2. The number of methoxy groups -OCH3 is 1. The molecule has 0 bridgehead atoms. The molecule has 0 aliphatic carbocycles. The van der Waals surface area contributed by atoms with E-state index in [0.29, 0.717) is 0 Å². The van der Waals surface area contributed by atoms with E-state index >= 15 is 0 Å². The molecule has 1 aliphatic heterocycles. The molecule has 0 spiro atoms. The van der Waals surface area contributed by atoms with Gasteiger partial charge in [0.05, 0.1) is 7.11 Å². The molecule has 2 amide bonds. The van der Waals surface area contributed by atoms with E-state index in [4.69, 9.17) is 17.0 Å². The van der Waals surface area contributed by atoms with Gasteiger partial charge in [-0.15, -0.1) is 6.58 Å². The van der Waals surface area contributed by atoms with Crippen LogP contribution in [0.15, 0.2) is 54.8 Å². The summed E-state index contributed by atoms with van der Waals surface area (Å²) in [5.74, 6) is -0.160. The van der Waals surface area contributed by atoms with Crippen molar-refractivity contribution in [2.45, 2.75) is 6.92 Å². The van der Waals surface area contributed by atoms with Gasteiger partial charge < -0.3 is 9.30 Å². The number of aryl methyl sites for hydroxylation is 1. The number of rotatable bonds is 5. The van der Waals surface area contributed by atoms with Crippen LogP contribution < -0.4 is 10.1 Å². The molecule has 1 aromatic heterocycles. The highest BCUT2D eigenvalue weighted by molar-refractivity contribution is 7.80. The first kappa shape index (κ1) is 18.6. The molecular weight excluding hydrogens is 362 g/mol. The second-order valence-electron chi connectivity index (χ2n) is 6.00. The molecule has 2 heterocycles. The topological polar surface area (TPSA) is 63.6 Å². The van der Waals surface area contributed by atoms with E-state index in [1.807, 2.05) is 48.0 Å². The van der Waals surface area contributed by atoms with Crippen molar-refractivity contribution in [2.75, 3.05) is 13.7 Å². The monoisotopic (exact) mass is 381 g/mol. The van der Waals surface area contributed by atoms with Crippen LogP contribution in [0.2, 0.25) is 0 Å². The molecule has 1 aromatic carbocycles. The average molecular weight is 381 g/mol. The number of amides is 2. The van der Waals surface area contributed by atoms with E-state index in [9.17, 15) is 9.59 Å². The second-order valence-corrected chi connectivity index (χ2v) is 6.39. The van der Waals surface area contributed by atoms with Gasteiger partial charge in [0.15, 0.2) is 5.11 Å². The third-order valence-corrected chi connectivity index (χ3v) is 4.52. The Morgan fingerprint density at radius 1 is 1.26 bits per heavy atom. The molecule has 1 saturated heterocycles. The summed E-state index contributed by atoms with van der Waals surface area (Å²) >= 11 is 5.06. The Morgan fingerprint density at radius 2 is 1.96 bits per heavy atom. The molecule has 6 nitrogen and oxygen atoms in total. The first-order valence-electron chi connectivity index (χ1n) is 8.27. The van der Waals surface area contributed by atoms with Gasteiger partial charge in [0.2, 0.25) is 0 Å². The van der Waals surface area contributed by atoms with Crippen LogP contribution in [-0.4, -0.2) is 40.0 Å². The molecule has 1 fully saturated rings. The highest BCUT2D eigenvalue weighted by Gasteiger charge is 2.32. The zero-order chi connectivity index (χ0) is 19.6. The fourth-order valence-electron chi connectivity index (χ4n) is 2.85. The van der Waals surface area contributed by atoms with Crippen molar-refractivity contribution in [1.82, 2.24) is 14.8 Å². The lowest BCUT2D eigenvalue weighted by atomic mass is 10.1. The van der Waals surface area contributed by atoms with E-state index in [1.165, 1.54) is 4.90 Å². The van der Waals surface area contributed by atoms with Gasteiger partial charge in [-0.1, -0.05) is 6.08 Å². The van der Waals surface area contributed by atoms with E-state index in [1.54, 1.807) is 19.3 Å². The Hall–Kier alpha value is -3.19. The fourth-order valence-corrected chi connectivity index (χ4v) is 3.10. The van der Waals surface area contributed by atoms with Crippen molar-refractivity contribution in [3.63, 3.8) is 0 Å². The average Bonchev–Trinajstić information content (AvgIpc) is 3.02. The van der Waals surface area contributed by atoms with Crippen molar-refractivity contribution in [2.24, 2.45) is 0 Å². The summed E-state index contributed by atoms with van der Waals surface area (Å²) in [5, 5.41) is 2.63. The van der Waals surface area contributed by atoms with Gasteiger partial charge in [-0.3, -0.25) is 19.8 Å². The van der Waals surface area contributed by atoms with Crippen LogP contribution in [0.25, 0.3) is 11.8 Å². The van der Waals surface area contributed by atoms with Gasteiger partial charge in [0.1, 0.15) is 11.3 Å². The van der Waals surface area contributed by atoms with Gasteiger partial charge >= 0.3 is 0 Å². The molecule has 7 heteroatoms. The summed E-state index contributed by atoms with van der Waals surface area (Å²) in [5.41, 5.74) is 2.70. The van der Waals surface area contributed by atoms with E-state index in [-0.39, 0.29) is 17.2 Å². The standard InChI is InChI=1S/C20H19N3O3S/c1-4-9-22-19(25)17(18(24)21-20(22)27)11-14-10-13(2)23(12-14)15-5-7-16(26-3)8-6-15/h4-8,10-12H,1,9H2,2-3H3,(H,21,24,27)/b17-11+. The molecular formula is C20H19N3O3S. The Kier molecular flexibility index (Phi) is 5.23. The maximum Gasteiger partial charge on any atom is 0.265 e. The lowest BCUT2D eigenvalue weighted by molar-refractivity contribution is -0.128. The number of ether oxygens (including phenoxy) is 1. The van der Waals surface area contributed by atoms with Gasteiger partial charge in [-0.2, -0.15) is 0 Å². The lowest BCUT2D eigenvalue weighted by Gasteiger charge is -2.27. The Labute approximate surface area is 162 Å². The van der Waals surface area contributed by atoms with Crippen molar-refractivity contribution in [1.29, 1.82) is 0 Å². The number of nitrogens with one attached hydrogen (secondary N) is 1. The molecule has 3 rings (SSSR count). The normalized spacial score (nSPS) is 15.9. The van der Waals surface area contributed by atoms with Crippen LogP contribution in [0.3, 0.4) is 0 Å². The van der Waals surface area contributed by atoms with Crippen molar-refractivity contribution >= 4 is 35.2 Å². The number of carbonyl (C=O) groups excluding carboxylic acids is 2. The number of hydrogen-bond donors (Lipinski definition) is 1. The fraction of sp³-hybridized carbons (Fsp3) is 0.150. The minimum absolute atomic E-state index is 0.0392. The molecule has 2 aromatic rings. The molecule has 138 valence electrons. The Bertz CT molecular complexity index is 957. The van der Waals surface area contributed by atoms with Crippen molar-refractivity contribution < 1.29 is 14.3 Å². The minimum Gasteiger partial charge on any atom is -0.497 e. The van der Waals surface area contributed by atoms with Crippen LogP contribution in [0.4, 0.5) is 0 Å². The van der Waals surface area contributed by atoms with Crippen molar-refractivity contribution in [3.8, 4) is 11.4 Å². The molecule has 0 radical (unpaired) electrons. The summed E-state index contributed by atoms with van der Waals surface area (Å²) in [4.78, 5) is 26.2. The molecule has 0 saturated carbocycles. The van der Waals surface area contributed by atoms with Gasteiger partial charge in [-0.05, 0) is 61.1 Å². The molecule has 0 unspecified atom stereocenters. The quantitative estimate of drug-likeness (QED) is 0.374. The molecule has 1 aliphatic rings. The Balaban J connectivity index is 1.94. The summed E-state index contributed by atoms with van der Waals surface area (Å²) < 4.78 is 7.16. The summed E-state index contributed by atoms with van der Waals surface area (Å²) in [6.07, 6.45) is 5.00. The van der Waals surface area contributed by atoms with Crippen LogP contribution >= 0.6 is 12.2 Å². The van der Waals surface area contributed by atoms with Crippen LogP contribution in [0.5, 0.6) is 5.75 Å². The van der Waals surface area contributed by atoms with E-state index in [2.05, 4.69) is 11.9 Å². The first-order valence-corrected chi connectivity index (χ1v) is 8.68. The summed E-state index contributed by atoms with van der Waals surface area (Å²) in [6.45, 7) is 5.80. The number of hydrogen-bond acceptors (Lipinski definition) is 4. The van der Waals surface area contributed by atoms with Crippen LogP contribution in [-0.2, 0) is 9.59 Å². The largest absolute Gasteiger partial charge is 0.497 e. The maximum atomic E-state index is 12.6. The zero-order valence-corrected chi connectivity index (χ0v) is 15.9. The van der Waals surface area contributed by atoms with Gasteiger partial charge in [0, 0.05) is 24.1 Å². The van der Waals surface area contributed by atoms with E-state index < -0.39 is 11.8 Å². The van der Waals surface area contributed by atoms with Gasteiger partial charge in [0.25, 0.3) is 11.8 Å². The number of aromatic nitrogens is 1. The number of thiocarbonyl (C=S) groups is 1. The van der Waals surface area contributed by atoms with Crippen LogP contribution in [0.1, 0.15) is 11.3 Å². The third kappa shape index (κ3) is 3.68. The Morgan fingerprint density at radius 3 is 2.59 bits per heavy atom. The van der Waals surface area contributed by atoms with Gasteiger partial charge in [-0.25, -0.2) is 0 Å². The predicted molar refractivity (Wildman–Crippen MR) is 108 cm³/mol. The van der Waals surface area contributed by atoms with Crippen molar-refractivity contribution in [3.05, 3.63) is 66.0 Å². The number of carbonyl (C=O) groups is 2. The minimum atomic E-state index is -0.500. The van der Waals surface area contributed by atoms with Crippen LogP contribution in [0, 0.1) is 6.92 Å². The summed E-state index contributed by atoms with van der Waals surface area (Å²) in [7, 11) is 1.62. The summed E-state index contributed by atoms with van der Waals surface area (Å²) in [6, 6.07) is 9.53. The smallest absolute Gasteiger partial charge is 0.265 e. The van der Waals surface area contributed by atoms with E-state index in [0.717, 1.165) is 22.7 Å². The SMILES string of the molecule is C=CCN1C(=O)/C(=C/c2cc(C)n(-c3ccc(OC)cc3)c2)C(=O)NC1=S. The second kappa shape index (κ2) is 7.59. The molecule has 1 N–H and O–H groups in total. The lowest BCUT2D eigenvalue weighted by Crippen LogP contribution is -2.53. The molecule has 27 heavy (non-hydrogen) atoms. The number of benzene rings is 1. The third-order valence-electron chi connectivity index (χ3n) is 4.19. The predicted octanol–water partition coefficient (Wildman–Crippen LogP) is 2.61. The zero-order valence-electron chi connectivity index (χ0n) is 15.1.